The Morgan fingerprint density at radius 3 is 2.36 bits per heavy atom. The maximum absolute atomic E-state index is 14.8. The molecule has 2 aromatic heterocycles. The number of amides is 4. The number of carbonyl (C=O) groups is 6. The molecule has 2 aromatic carbocycles. The number of esters is 1. The maximum atomic E-state index is 14.8. The van der Waals surface area contributed by atoms with Crippen molar-refractivity contribution in [2.75, 3.05) is 39.2 Å². The van der Waals surface area contributed by atoms with Gasteiger partial charge in [-0.25, -0.2) is 18.6 Å². The SMILES string of the molecule is COC(=O)N[C@H]1CCc2ccn3c2C1C(=O)C[C@H](C(=O)N1CCC[C@H]1C(=O)Nc1ccc(-c2ccc(-c4cnc([C@@H]5CC(F)(F)CN5C(=O)[C@@H](C(=O)OC)C(C)CN)[nH]4)cc2)cc1)C3. The summed E-state index contributed by atoms with van der Waals surface area (Å²) in [6.07, 6.45) is 4.54. The molecule has 16 nitrogen and oxygen atoms in total. The molecule has 1 aliphatic carbocycles. The Morgan fingerprint density at radius 1 is 0.969 bits per heavy atom. The van der Waals surface area contributed by atoms with E-state index in [-0.39, 0.29) is 36.4 Å². The number of nitrogens with one attached hydrogen (secondary N) is 3. The number of nitrogens with zero attached hydrogens (tertiary/aromatic N) is 4. The van der Waals surface area contributed by atoms with E-state index < -0.39 is 78.7 Å². The molecule has 2 fully saturated rings. The summed E-state index contributed by atoms with van der Waals surface area (Å²) in [7, 11) is 2.42. The fourth-order valence-corrected chi connectivity index (χ4v) is 9.84. The number of likely N-dealkylation sites (tertiary alicyclic amines) is 2. The van der Waals surface area contributed by atoms with Crippen LogP contribution in [0.5, 0.6) is 0 Å². The largest absolute Gasteiger partial charge is 0.468 e. The summed E-state index contributed by atoms with van der Waals surface area (Å²) in [5, 5.41) is 5.79. The number of benzene rings is 2. The number of H-pyrrole nitrogens is 1. The Morgan fingerprint density at radius 2 is 1.67 bits per heavy atom. The molecule has 0 radical (unpaired) electrons. The highest BCUT2D eigenvalue weighted by Crippen LogP contribution is 2.43. The predicted molar refractivity (Wildman–Crippen MR) is 229 cm³/mol. The summed E-state index contributed by atoms with van der Waals surface area (Å²) >= 11 is 0. The van der Waals surface area contributed by atoms with Gasteiger partial charge in [0.25, 0.3) is 5.92 Å². The number of aromatic amines is 1. The molecule has 64 heavy (non-hydrogen) atoms. The van der Waals surface area contributed by atoms with Gasteiger partial charge >= 0.3 is 12.1 Å². The van der Waals surface area contributed by atoms with Gasteiger partial charge in [0.05, 0.1) is 50.5 Å². The van der Waals surface area contributed by atoms with Crippen LogP contribution >= 0.6 is 0 Å². The van der Waals surface area contributed by atoms with E-state index in [0.717, 1.165) is 40.0 Å². The average molecular weight is 883 g/mol. The molecule has 4 amide bonds. The van der Waals surface area contributed by atoms with Crippen molar-refractivity contribution in [2.45, 2.75) is 82.0 Å². The summed E-state index contributed by atoms with van der Waals surface area (Å²) in [6.45, 7) is 1.41. The van der Waals surface area contributed by atoms with E-state index in [9.17, 15) is 37.5 Å². The zero-order valence-electron chi connectivity index (χ0n) is 35.9. The topological polar surface area (TPSA) is 211 Å². The second-order valence-corrected chi connectivity index (χ2v) is 17.3. The van der Waals surface area contributed by atoms with E-state index in [1.54, 1.807) is 24.0 Å². The molecule has 4 aromatic rings. The van der Waals surface area contributed by atoms with Crippen LogP contribution in [-0.4, -0.2) is 112 Å². The summed E-state index contributed by atoms with van der Waals surface area (Å²) in [5.74, 6) is -8.54. The first-order valence-corrected chi connectivity index (χ1v) is 21.6. The second kappa shape index (κ2) is 18.0. The molecule has 7 atom stereocenters. The van der Waals surface area contributed by atoms with Crippen LogP contribution in [0.1, 0.15) is 68.1 Å². The van der Waals surface area contributed by atoms with Crippen molar-refractivity contribution in [1.82, 2.24) is 29.7 Å². The zero-order chi connectivity index (χ0) is 45.4. The van der Waals surface area contributed by atoms with Crippen molar-refractivity contribution in [1.29, 1.82) is 0 Å². The number of methoxy groups -OCH3 is 2. The molecule has 4 aliphatic rings. The lowest BCUT2D eigenvalue weighted by atomic mass is 9.79. The third-order valence-electron chi connectivity index (χ3n) is 13.2. The number of Topliss-reactive ketones (excluding diaryl/α,β-unsaturated/α-hetero) is 1. The number of alkyl carbamates (subject to hydrolysis) is 1. The Kier molecular flexibility index (Phi) is 12.4. The first-order chi connectivity index (χ1) is 30.7. The number of hydrogen-bond acceptors (Lipinski definition) is 10. The van der Waals surface area contributed by atoms with Crippen molar-refractivity contribution in [3.8, 4) is 22.4 Å². The molecule has 3 aliphatic heterocycles. The van der Waals surface area contributed by atoms with Crippen molar-refractivity contribution in [3.05, 3.63) is 84.1 Å². The summed E-state index contributed by atoms with van der Waals surface area (Å²) in [4.78, 5) is 89.9. The molecule has 0 bridgehead atoms. The fourth-order valence-electron chi connectivity index (χ4n) is 9.84. The highest BCUT2D eigenvalue weighted by molar-refractivity contribution is 6.00. The van der Waals surface area contributed by atoms with Crippen LogP contribution in [0, 0.1) is 17.8 Å². The number of ether oxygens (including phenoxy) is 2. The number of anilines is 1. The number of rotatable bonds is 11. The third kappa shape index (κ3) is 8.62. The summed E-state index contributed by atoms with van der Waals surface area (Å²) in [6, 6.07) is 14.5. The number of hydrogen-bond donors (Lipinski definition) is 4. The number of aryl methyl sites for hydroxylation is 1. The second-order valence-electron chi connectivity index (χ2n) is 17.3. The van der Waals surface area contributed by atoms with E-state index >= 15 is 0 Å². The molecule has 2 saturated heterocycles. The lowest BCUT2D eigenvalue weighted by Crippen LogP contribution is -2.47. The van der Waals surface area contributed by atoms with Gasteiger partial charge in [0.1, 0.15) is 23.6 Å². The maximum Gasteiger partial charge on any atom is 0.407 e. The van der Waals surface area contributed by atoms with E-state index in [4.69, 9.17) is 15.2 Å². The molecule has 0 spiro atoms. The zero-order valence-corrected chi connectivity index (χ0v) is 35.9. The van der Waals surface area contributed by atoms with Crippen LogP contribution in [0.2, 0.25) is 0 Å². The Labute approximate surface area is 368 Å². The van der Waals surface area contributed by atoms with Crippen LogP contribution in [0.25, 0.3) is 22.4 Å². The van der Waals surface area contributed by atoms with Gasteiger partial charge in [-0.3, -0.25) is 24.0 Å². The predicted octanol–water partition coefficient (Wildman–Crippen LogP) is 4.81. The van der Waals surface area contributed by atoms with Gasteiger partial charge in [-0.1, -0.05) is 43.3 Å². The van der Waals surface area contributed by atoms with Crippen LogP contribution in [-0.2, 0) is 46.4 Å². The minimum atomic E-state index is -3.19. The normalized spacial score (nSPS) is 23.4. The number of alkyl halides is 2. The van der Waals surface area contributed by atoms with E-state index in [1.807, 2.05) is 53.2 Å². The van der Waals surface area contributed by atoms with E-state index in [1.165, 1.54) is 13.3 Å². The van der Waals surface area contributed by atoms with Crippen LogP contribution in [0.15, 0.2) is 67.0 Å². The number of nitrogens with two attached hydrogens (primary N) is 1. The van der Waals surface area contributed by atoms with Crippen molar-refractivity contribution >= 4 is 41.3 Å². The Hall–Kier alpha value is -6.43. The van der Waals surface area contributed by atoms with Crippen molar-refractivity contribution < 1.29 is 47.0 Å². The van der Waals surface area contributed by atoms with Gasteiger partial charge < -0.3 is 45.2 Å². The number of imidazole rings is 1. The van der Waals surface area contributed by atoms with Gasteiger partial charge in [0.15, 0.2) is 0 Å². The van der Waals surface area contributed by atoms with Crippen LogP contribution in [0.4, 0.5) is 19.3 Å². The van der Waals surface area contributed by atoms with E-state index in [0.29, 0.717) is 50.2 Å². The summed E-state index contributed by atoms with van der Waals surface area (Å²) < 4.78 is 41.2. The van der Waals surface area contributed by atoms with Gasteiger partial charge in [-0.2, -0.15) is 0 Å². The molecule has 5 heterocycles. The third-order valence-corrected chi connectivity index (χ3v) is 13.2. The van der Waals surface area contributed by atoms with Gasteiger partial charge in [-0.05, 0) is 78.6 Å². The smallest absolute Gasteiger partial charge is 0.407 e. The Bertz CT molecular complexity index is 2430. The molecule has 338 valence electrons. The molecule has 5 N–H and O–H groups in total. The fraction of sp³-hybridized carbons (Fsp3) is 0.457. The van der Waals surface area contributed by atoms with Crippen LogP contribution in [0.3, 0.4) is 0 Å². The highest BCUT2D eigenvalue weighted by atomic mass is 19.3. The van der Waals surface area contributed by atoms with E-state index in [2.05, 4.69) is 20.6 Å². The minimum Gasteiger partial charge on any atom is -0.468 e. The molecule has 8 rings (SSSR count). The average Bonchev–Trinajstić information content (AvgIpc) is 4.11. The number of carbonyl (C=O) groups excluding carboxylic acids is 6. The van der Waals surface area contributed by atoms with Crippen LogP contribution < -0.4 is 16.4 Å². The molecule has 2 unspecified atom stereocenters. The standard InChI is InChI=1S/C46H52F2N8O8/c1-25(21-49)37(44(61)63-2)43(60)56-24-46(47,48)20-35(56)40-50-22-33(52-40)28-8-6-26(7-9-28)27-10-13-31(14-11-27)51-41(58)34-5-4-17-55(34)42(59)30-19-36(57)38-32(53-45(62)64-3)15-12-29-16-18-54(23-30)39(29)38/h6-11,13-14,16,18,22,25,30,32,34-35,37-38H,4-5,12,15,17,19-21,23-24,49H2,1-3H3,(H,50,52)(H,51,58)(H,53,62)/t25?,30-,32-,34-,35-,37-,38?/m0/s1. The number of halogens is 2. The number of aromatic nitrogens is 3. The minimum absolute atomic E-state index is 0.00143. The first kappa shape index (κ1) is 44.2. The van der Waals surface area contributed by atoms with Gasteiger partial charge in [-0.15, -0.1) is 0 Å². The lowest BCUT2D eigenvalue weighted by molar-refractivity contribution is -0.157. The monoisotopic (exact) mass is 882 g/mol. The van der Waals surface area contributed by atoms with Crippen molar-refractivity contribution in [2.24, 2.45) is 23.5 Å². The van der Waals surface area contributed by atoms with Gasteiger partial charge in [0.2, 0.25) is 17.7 Å². The molecular weight excluding hydrogens is 831 g/mol. The quantitative estimate of drug-likeness (QED) is 0.119. The number of ketones is 1. The van der Waals surface area contributed by atoms with Crippen molar-refractivity contribution in [3.63, 3.8) is 0 Å². The molecule has 0 saturated carbocycles. The Balaban J connectivity index is 0.902. The summed E-state index contributed by atoms with van der Waals surface area (Å²) in [5.41, 5.74) is 11.2. The first-order valence-electron chi connectivity index (χ1n) is 21.6. The van der Waals surface area contributed by atoms with Gasteiger partial charge in [0, 0.05) is 49.6 Å². The molecular formula is C46H52F2N8O8. The highest BCUT2D eigenvalue weighted by Gasteiger charge is 2.52. The molecule has 18 heteroatoms. The lowest BCUT2D eigenvalue weighted by Gasteiger charge is -2.31.